The molecule has 1 amide bonds. The molecule has 0 aliphatic heterocycles. The number of hydrogen-bond acceptors (Lipinski definition) is 5. The molecule has 0 saturated carbocycles. The third-order valence-corrected chi connectivity index (χ3v) is 4.07. The van der Waals surface area contributed by atoms with Gasteiger partial charge in [0.25, 0.3) is 5.91 Å². The number of anilines is 1. The van der Waals surface area contributed by atoms with Gasteiger partial charge in [-0.25, -0.2) is 4.98 Å². The molecule has 136 valence electrons. The summed E-state index contributed by atoms with van der Waals surface area (Å²) >= 11 is 11.9. The summed E-state index contributed by atoms with van der Waals surface area (Å²) in [5.41, 5.74) is 1.34. The highest BCUT2D eigenvalue weighted by molar-refractivity contribution is 6.37. The van der Waals surface area contributed by atoms with Crippen LogP contribution in [0.1, 0.15) is 10.4 Å². The molecule has 8 heteroatoms. The molecule has 1 heterocycles. The monoisotopic (exact) mass is 400 g/mol. The second-order valence-corrected chi connectivity index (χ2v) is 6.19. The zero-order valence-electron chi connectivity index (χ0n) is 14.2. The van der Waals surface area contributed by atoms with Gasteiger partial charge in [0.2, 0.25) is 0 Å². The third kappa shape index (κ3) is 4.81. The molecule has 2 aromatic carbocycles. The quantitative estimate of drug-likeness (QED) is 0.528. The minimum atomic E-state index is -0.377. The fourth-order valence-corrected chi connectivity index (χ4v) is 2.72. The van der Waals surface area contributed by atoms with Crippen LogP contribution in [0.5, 0.6) is 5.75 Å². The first-order valence-electron chi connectivity index (χ1n) is 7.84. The van der Waals surface area contributed by atoms with E-state index in [1.165, 1.54) is 13.2 Å². The first kappa shape index (κ1) is 18.8. The van der Waals surface area contributed by atoms with Crippen molar-refractivity contribution in [2.75, 3.05) is 12.4 Å². The molecule has 3 aromatic rings. The largest absolute Gasteiger partial charge is 0.494 e. The van der Waals surface area contributed by atoms with Crippen LogP contribution in [-0.2, 0) is 0 Å². The Labute approximate surface area is 165 Å². The van der Waals surface area contributed by atoms with Gasteiger partial charge in [0, 0.05) is 17.3 Å². The lowest BCUT2D eigenvalue weighted by Crippen LogP contribution is -2.13. The van der Waals surface area contributed by atoms with Gasteiger partial charge in [-0.15, -0.1) is 10.2 Å². The van der Waals surface area contributed by atoms with Gasteiger partial charge >= 0.3 is 0 Å². The number of benzene rings is 2. The van der Waals surface area contributed by atoms with Gasteiger partial charge in [-0.1, -0.05) is 29.3 Å². The highest BCUT2D eigenvalue weighted by atomic mass is 35.5. The van der Waals surface area contributed by atoms with E-state index < -0.39 is 0 Å². The number of carbonyl (C=O) groups is 1. The van der Waals surface area contributed by atoms with Gasteiger partial charge in [-0.3, -0.25) is 4.79 Å². The zero-order chi connectivity index (χ0) is 19.2. The summed E-state index contributed by atoms with van der Waals surface area (Å²) < 4.78 is 5.34. The van der Waals surface area contributed by atoms with Crippen molar-refractivity contribution in [3.05, 3.63) is 76.4 Å². The second-order valence-electron chi connectivity index (χ2n) is 5.35. The van der Waals surface area contributed by atoms with Gasteiger partial charge < -0.3 is 10.1 Å². The SMILES string of the molecule is COc1cc(N=Nc2ccccn2)ccc1NC(=O)c1ccc(Cl)cc1Cl. The summed E-state index contributed by atoms with van der Waals surface area (Å²) in [7, 11) is 1.50. The Hall–Kier alpha value is -2.96. The predicted octanol–water partition coefficient (Wildman–Crippen LogP) is 6.06. The molecule has 1 aromatic heterocycles. The van der Waals surface area contributed by atoms with Gasteiger partial charge in [0.15, 0.2) is 5.82 Å². The lowest BCUT2D eigenvalue weighted by molar-refractivity contribution is 0.102. The van der Waals surface area contributed by atoms with Crippen LogP contribution in [0.4, 0.5) is 17.2 Å². The molecule has 0 aliphatic carbocycles. The molecular weight excluding hydrogens is 387 g/mol. The van der Waals surface area contributed by atoms with Crippen molar-refractivity contribution in [2.24, 2.45) is 10.2 Å². The number of carbonyl (C=O) groups excluding carboxylic acids is 1. The standard InChI is InChI=1S/C19H14Cl2N4O2/c1-27-17-11-13(24-25-18-4-2-3-9-22-18)6-8-16(17)23-19(26)14-7-5-12(20)10-15(14)21/h2-11H,1H3,(H,23,26). The van der Waals surface area contributed by atoms with E-state index in [9.17, 15) is 4.79 Å². The average Bonchev–Trinajstić information content (AvgIpc) is 2.67. The Morgan fingerprint density at radius 3 is 2.63 bits per heavy atom. The molecule has 27 heavy (non-hydrogen) atoms. The van der Waals surface area contributed by atoms with Crippen molar-refractivity contribution in [2.45, 2.75) is 0 Å². The Morgan fingerprint density at radius 1 is 1.07 bits per heavy atom. The third-order valence-electron chi connectivity index (χ3n) is 3.53. The van der Waals surface area contributed by atoms with E-state index in [0.29, 0.717) is 33.5 Å². The number of aromatic nitrogens is 1. The highest BCUT2D eigenvalue weighted by Crippen LogP contribution is 2.31. The van der Waals surface area contributed by atoms with E-state index in [0.717, 1.165) is 0 Å². The van der Waals surface area contributed by atoms with E-state index in [1.807, 2.05) is 6.07 Å². The van der Waals surface area contributed by atoms with E-state index >= 15 is 0 Å². The van der Waals surface area contributed by atoms with Crippen LogP contribution >= 0.6 is 23.2 Å². The summed E-state index contributed by atoms with van der Waals surface area (Å²) in [6.07, 6.45) is 1.63. The highest BCUT2D eigenvalue weighted by Gasteiger charge is 2.14. The summed E-state index contributed by atoms with van der Waals surface area (Å²) in [6, 6.07) is 15.1. The number of hydrogen-bond donors (Lipinski definition) is 1. The number of halogens is 2. The average molecular weight is 401 g/mol. The number of rotatable bonds is 5. The van der Waals surface area contributed by atoms with E-state index in [2.05, 4.69) is 20.5 Å². The molecule has 3 rings (SSSR count). The van der Waals surface area contributed by atoms with Crippen molar-refractivity contribution in [3.63, 3.8) is 0 Å². The van der Waals surface area contributed by atoms with Crippen molar-refractivity contribution in [1.29, 1.82) is 0 Å². The van der Waals surface area contributed by atoms with Crippen molar-refractivity contribution < 1.29 is 9.53 Å². The zero-order valence-corrected chi connectivity index (χ0v) is 15.7. The van der Waals surface area contributed by atoms with Gasteiger partial charge in [0.1, 0.15) is 5.75 Å². The summed E-state index contributed by atoms with van der Waals surface area (Å²) in [4.78, 5) is 16.5. The lowest BCUT2D eigenvalue weighted by atomic mass is 10.2. The lowest BCUT2D eigenvalue weighted by Gasteiger charge is -2.11. The summed E-state index contributed by atoms with van der Waals surface area (Å²) in [6.45, 7) is 0. The van der Waals surface area contributed by atoms with Crippen LogP contribution in [0.3, 0.4) is 0 Å². The molecule has 0 bridgehead atoms. The molecule has 0 radical (unpaired) electrons. The van der Waals surface area contributed by atoms with Crippen LogP contribution in [-0.4, -0.2) is 18.0 Å². The normalized spacial score (nSPS) is 10.8. The maximum Gasteiger partial charge on any atom is 0.257 e. The molecule has 0 spiro atoms. The van der Waals surface area contributed by atoms with Crippen LogP contribution in [0.25, 0.3) is 0 Å². The van der Waals surface area contributed by atoms with Crippen LogP contribution < -0.4 is 10.1 Å². The molecule has 0 saturated heterocycles. The van der Waals surface area contributed by atoms with Crippen LogP contribution in [0.2, 0.25) is 10.0 Å². The van der Waals surface area contributed by atoms with Crippen molar-refractivity contribution in [3.8, 4) is 5.75 Å². The molecule has 0 unspecified atom stereocenters. The Bertz CT molecular complexity index is 994. The number of amides is 1. The molecule has 0 aliphatic rings. The van der Waals surface area contributed by atoms with Crippen LogP contribution in [0, 0.1) is 0 Å². The molecule has 1 N–H and O–H groups in total. The molecule has 6 nitrogen and oxygen atoms in total. The predicted molar refractivity (Wildman–Crippen MR) is 106 cm³/mol. The van der Waals surface area contributed by atoms with Gasteiger partial charge in [0.05, 0.1) is 29.1 Å². The number of methoxy groups -OCH3 is 1. The number of pyridine rings is 1. The van der Waals surface area contributed by atoms with Gasteiger partial charge in [-0.05, 0) is 42.5 Å². The number of ether oxygens (including phenoxy) is 1. The van der Waals surface area contributed by atoms with Crippen molar-refractivity contribution >= 4 is 46.3 Å². The molecule has 0 fully saturated rings. The Morgan fingerprint density at radius 2 is 1.93 bits per heavy atom. The van der Waals surface area contributed by atoms with E-state index in [1.54, 1.807) is 48.7 Å². The van der Waals surface area contributed by atoms with Gasteiger partial charge in [-0.2, -0.15) is 0 Å². The number of nitrogens with zero attached hydrogens (tertiary/aromatic N) is 3. The second kappa shape index (κ2) is 8.62. The Balaban J connectivity index is 1.80. The van der Waals surface area contributed by atoms with Crippen LogP contribution in [0.15, 0.2) is 71.0 Å². The van der Waals surface area contributed by atoms with E-state index in [-0.39, 0.29) is 10.9 Å². The fourth-order valence-electron chi connectivity index (χ4n) is 2.23. The topological polar surface area (TPSA) is 75.9 Å². The Kier molecular flexibility index (Phi) is 6.01. The maximum absolute atomic E-state index is 12.5. The smallest absolute Gasteiger partial charge is 0.257 e. The first-order valence-corrected chi connectivity index (χ1v) is 8.59. The molecule has 0 atom stereocenters. The molecular formula is C19H14Cl2N4O2. The first-order chi connectivity index (χ1) is 13.1. The van der Waals surface area contributed by atoms with E-state index in [4.69, 9.17) is 27.9 Å². The minimum absolute atomic E-state index is 0.264. The summed E-state index contributed by atoms with van der Waals surface area (Å²) in [5.74, 6) is 0.551. The fraction of sp³-hybridized carbons (Fsp3) is 0.0526. The number of nitrogens with one attached hydrogen (secondary N) is 1. The maximum atomic E-state index is 12.5. The number of azo groups is 1. The minimum Gasteiger partial charge on any atom is -0.494 e. The summed E-state index contributed by atoms with van der Waals surface area (Å²) in [5, 5.41) is 11.7. The van der Waals surface area contributed by atoms with Crippen molar-refractivity contribution in [1.82, 2.24) is 4.98 Å².